The van der Waals surface area contributed by atoms with Gasteiger partial charge in [-0.15, -0.1) is 32.8 Å². The van der Waals surface area contributed by atoms with E-state index in [-0.39, 0.29) is 0 Å². The lowest BCUT2D eigenvalue weighted by Crippen LogP contribution is -2.55. The Hall–Kier alpha value is -4.49. The zero-order chi connectivity index (χ0) is 35.8. The van der Waals surface area contributed by atoms with Crippen molar-refractivity contribution in [2.75, 3.05) is 0 Å². The van der Waals surface area contributed by atoms with Crippen LogP contribution in [-0.2, 0) is 0 Å². The Kier molecular flexibility index (Phi) is 8.62. The molecule has 7 aromatic rings. The maximum absolute atomic E-state index is 6.73. The summed E-state index contributed by atoms with van der Waals surface area (Å²) in [6.07, 6.45) is 6.43. The SMILES string of the molecule is Bc1c(B)c(B)c(-c2ccc3c(c2)oc2cccc(-c4c(=C/C=C)/c(=C\C)c(-c5c(B)c(B)c(B)c(B)c5B)c5ccccc45)c23)c(B)c1B. The van der Waals surface area contributed by atoms with Crippen LogP contribution in [0.15, 0.2) is 77.7 Å². The Morgan fingerprint density at radius 2 is 1.04 bits per heavy atom. The van der Waals surface area contributed by atoms with Crippen LogP contribution >= 0.6 is 0 Å². The summed E-state index contributed by atoms with van der Waals surface area (Å²) in [6.45, 7) is 6.38. The van der Waals surface area contributed by atoms with Crippen LogP contribution in [0, 0.1) is 0 Å². The molecule has 11 heteroatoms. The van der Waals surface area contributed by atoms with E-state index in [1.807, 2.05) is 6.08 Å². The van der Waals surface area contributed by atoms with E-state index in [1.165, 1.54) is 109 Å². The molecule has 6 aromatic carbocycles. The van der Waals surface area contributed by atoms with Crippen LogP contribution in [0.25, 0.3) is 78.2 Å². The second-order valence-corrected chi connectivity index (χ2v) is 14.3. The highest BCUT2D eigenvalue weighted by Crippen LogP contribution is 2.39. The van der Waals surface area contributed by atoms with Crippen LogP contribution in [-0.4, -0.2) is 78.5 Å². The molecule has 0 aliphatic carbocycles. The molecule has 0 bridgehead atoms. The fourth-order valence-electron chi connectivity index (χ4n) is 8.63. The molecule has 0 spiro atoms. The number of hydrogen-bond acceptors (Lipinski definition) is 1. The van der Waals surface area contributed by atoms with Gasteiger partial charge >= 0.3 is 0 Å². The first-order valence-corrected chi connectivity index (χ1v) is 17.9. The van der Waals surface area contributed by atoms with E-state index in [0.717, 1.165) is 21.9 Å². The molecule has 1 nitrogen and oxygen atoms in total. The molecule has 0 fully saturated rings. The number of hydrogen-bond donors (Lipinski definition) is 0. The van der Waals surface area contributed by atoms with Gasteiger partial charge in [-0.1, -0.05) is 89.1 Å². The molecular weight excluding hydrogens is 593 g/mol. The van der Waals surface area contributed by atoms with Crippen LogP contribution in [0.2, 0.25) is 0 Å². The Labute approximate surface area is 305 Å². The predicted octanol–water partition coefficient (Wildman–Crippen LogP) is -7.91. The van der Waals surface area contributed by atoms with E-state index in [4.69, 9.17) is 4.42 Å². The number of allylic oxidation sites excluding steroid dienone is 1. The fraction of sp³-hybridized carbons (Fsp3) is 0.0256. The van der Waals surface area contributed by atoms with Gasteiger partial charge in [0, 0.05) is 10.8 Å². The normalized spacial score (nSPS) is 12.4. The third-order valence-corrected chi connectivity index (χ3v) is 12.2. The standard InChI is InChI=1S/C39H38B10O/c1-3-8-18-17(4-2)28(29-32(42)36(46)39(49)37(47)33(29)43)20-10-6-5-9-19(20)26(18)22-11-7-12-23-27(22)21-14-13-16(15-24(21)50-23)25-30(40)34(44)38(48)35(45)31(25)41/h3-15H,1,40-49H2,2H3/b17-4+,18-8+. The average Bonchev–Trinajstić information content (AvgIpc) is 3.50. The molecule has 0 aliphatic heterocycles. The number of fused-ring (bicyclic) bond motifs is 4. The minimum absolute atomic E-state index is 0.899. The molecule has 1 aromatic heterocycles. The third kappa shape index (κ3) is 4.91. The number of benzene rings is 6. The number of furan rings is 1. The molecule has 0 atom stereocenters. The van der Waals surface area contributed by atoms with Crippen molar-refractivity contribution in [2.24, 2.45) is 0 Å². The van der Waals surface area contributed by atoms with Crippen molar-refractivity contribution < 1.29 is 4.42 Å². The molecule has 7 rings (SSSR count). The quantitative estimate of drug-likeness (QED) is 0.176. The summed E-state index contributed by atoms with van der Waals surface area (Å²) in [5.41, 5.74) is 22.9. The van der Waals surface area contributed by atoms with E-state index in [1.54, 1.807) is 0 Å². The molecule has 230 valence electrons. The van der Waals surface area contributed by atoms with E-state index in [2.05, 4.69) is 165 Å². The van der Waals surface area contributed by atoms with Crippen molar-refractivity contribution in [3.05, 3.63) is 83.8 Å². The van der Waals surface area contributed by atoms with Gasteiger partial charge in [-0.2, -0.15) is 0 Å². The van der Waals surface area contributed by atoms with E-state index < -0.39 is 0 Å². The maximum Gasteiger partial charge on any atom is 0.139 e. The summed E-state index contributed by atoms with van der Waals surface area (Å²) in [6, 6.07) is 22.3. The summed E-state index contributed by atoms with van der Waals surface area (Å²) in [4.78, 5) is 0. The molecule has 1 heterocycles. The van der Waals surface area contributed by atoms with Crippen molar-refractivity contribution in [3.63, 3.8) is 0 Å². The van der Waals surface area contributed by atoms with Gasteiger partial charge in [0.25, 0.3) is 0 Å². The van der Waals surface area contributed by atoms with Crippen molar-refractivity contribution in [2.45, 2.75) is 6.92 Å². The van der Waals surface area contributed by atoms with Crippen LogP contribution in [0.1, 0.15) is 6.92 Å². The summed E-state index contributed by atoms with van der Waals surface area (Å²) >= 11 is 0. The van der Waals surface area contributed by atoms with Gasteiger partial charge < -0.3 is 4.42 Å². The van der Waals surface area contributed by atoms with E-state index in [9.17, 15) is 0 Å². The minimum Gasteiger partial charge on any atom is -0.456 e. The summed E-state index contributed by atoms with van der Waals surface area (Å²) in [5.74, 6) is 0. The van der Waals surface area contributed by atoms with Crippen molar-refractivity contribution >= 4 is 178 Å². The molecule has 0 saturated carbocycles. The highest BCUT2D eigenvalue weighted by atomic mass is 16.3. The topological polar surface area (TPSA) is 13.1 Å². The fourth-order valence-corrected chi connectivity index (χ4v) is 8.63. The lowest BCUT2D eigenvalue weighted by molar-refractivity contribution is 0.669. The molecule has 0 amide bonds. The summed E-state index contributed by atoms with van der Waals surface area (Å²) in [5, 5.41) is 7.18. The van der Waals surface area contributed by atoms with Crippen LogP contribution in [0.5, 0.6) is 0 Å². The molecule has 0 unspecified atom stereocenters. The van der Waals surface area contributed by atoms with Crippen molar-refractivity contribution in [3.8, 4) is 33.4 Å². The van der Waals surface area contributed by atoms with Gasteiger partial charge in [0.2, 0.25) is 0 Å². The molecule has 0 saturated heterocycles. The van der Waals surface area contributed by atoms with Crippen molar-refractivity contribution in [1.29, 1.82) is 0 Å². The second kappa shape index (κ2) is 12.7. The summed E-state index contributed by atoms with van der Waals surface area (Å²) < 4.78 is 6.73. The Morgan fingerprint density at radius 1 is 0.500 bits per heavy atom. The predicted molar refractivity (Wildman–Crippen MR) is 253 cm³/mol. The van der Waals surface area contributed by atoms with Crippen molar-refractivity contribution in [1.82, 2.24) is 0 Å². The summed E-state index contributed by atoms with van der Waals surface area (Å²) in [7, 11) is 22.6. The van der Waals surface area contributed by atoms with Gasteiger partial charge in [-0.05, 0) is 79.7 Å². The van der Waals surface area contributed by atoms with Gasteiger partial charge in [-0.25, -0.2) is 0 Å². The molecule has 0 radical (unpaired) electrons. The zero-order valence-electron chi connectivity index (χ0n) is 31.6. The Balaban J connectivity index is 1.60. The Morgan fingerprint density at radius 3 is 1.60 bits per heavy atom. The molecule has 0 N–H and O–H groups in total. The van der Waals surface area contributed by atoms with E-state index in [0.29, 0.717) is 0 Å². The van der Waals surface area contributed by atoms with Crippen LogP contribution < -0.4 is 65.1 Å². The van der Waals surface area contributed by atoms with Gasteiger partial charge in [0.05, 0.1) is 0 Å². The highest BCUT2D eigenvalue weighted by molar-refractivity contribution is 6.70. The van der Waals surface area contributed by atoms with Gasteiger partial charge in [0.15, 0.2) is 0 Å². The molecule has 50 heavy (non-hydrogen) atoms. The second-order valence-electron chi connectivity index (χ2n) is 14.3. The molecule has 0 aliphatic rings. The monoisotopic (exact) mass is 632 g/mol. The third-order valence-electron chi connectivity index (χ3n) is 12.2. The highest BCUT2D eigenvalue weighted by Gasteiger charge is 2.22. The average molecular weight is 631 g/mol. The zero-order valence-corrected chi connectivity index (χ0v) is 31.6. The van der Waals surface area contributed by atoms with Crippen LogP contribution in [0.3, 0.4) is 0 Å². The largest absolute Gasteiger partial charge is 0.456 e. The Bertz CT molecular complexity index is 2690. The lowest BCUT2D eigenvalue weighted by Gasteiger charge is -2.23. The minimum atomic E-state index is 0.899. The first kappa shape index (κ1) is 34.0. The van der Waals surface area contributed by atoms with Gasteiger partial charge in [-0.3, -0.25) is 0 Å². The lowest BCUT2D eigenvalue weighted by atomic mass is 9.59. The van der Waals surface area contributed by atoms with Crippen LogP contribution in [0.4, 0.5) is 0 Å². The van der Waals surface area contributed by atoms with Gasteiger partial charge in [0.1, 0.15) is 89.6 Å². The first-order valence-electron chi connectivity index (χ1n) is 17.9. The smallest absolute Gasteiger partial charge is 0.139 e. The van der Waals surface area contributed by atoms with E-state index >= 15 is 0 Å². The number of rotatable bonds is 4. The first-order chi connectivity index (χ1) is 23.9. The maximum atomic E-state index is 6.73. The molecular formula is C39H38B10O.